The highest BCUT2D eigenvalue weighted by molar-refractivity contribution is 5.79. The maximum atomic E-state index is 12.9. The number of rotatable bonds is 3. The Bertz CT molecular complexity index is 684. The van der Waals surface area contributed by atoms with E-state index in [1.165, 1.54) is 5.56 Å². The fourth-order valence-corrected chi connectivity index (χ4v) is 3.10. The summed E-state index contributed by atoms with van der Waals surface area (Å²) in [6.07, 6.45) is 4.02. The van der Waals surface area contributed by atoms with Gasteiger partial charge >= 0.3 is 0 Å². The van der Waals surface area contributed by atoms with E-state index in [4.69, 9.17) is 4.74 Å². The van der Waals surface area contributed by atoms with Crippen LogP contribution in [0.4, 0.5) is 0 Å². The third-order valence-electron chi connectivity index (χ3n) is 4.79. The molecular formula is C19H26N4O2. The smallest absolute Gasteiger partial charge is 0.223 e. The van der Waals surface area contributed by atoms with Crippen LogP contribution in [-0.4, -0.2) is 33.5 Å². The SMILES string of the molecule is CC(C)[C@@H]1COCn2nncc2CC[C@H](Cc2ccccc2)C(=O)N1. The predicted molar refractivity (Wildman–Crippen MR) is 94.7 cm³/mol. The van der Waals surface area contributed by atoms with E-state index in [1.807, 2.05) is 18.2 Å². The quantitative estimate of drug-likeness (QED) is 0.928. The highest BCUT2D eigenvalue weighted by Gasteiger charge is 2.25. The summed E-state index contributed by atoms with van der Waals surface area (Å²) in [5.41, 5.74) is 2.19. The van der Waals surface area contributed by atoms with Gasteiger partial charge < -0.3 is 10.1 Å². The van der Waals surface area contributed by atoms with Crippen LogP contribution < -0.4 is 5.32 Å². The second-order valence-electron chi connectivity index (χ2n) is 7.01. The van der Waals surface area contributed by atoms with Gasteiger partial charge in [0.2, 0.25) is 5.91 Å². The molecule has 1 aromatic heterocycles. The molecule has 0 fully saturated rings. The number of benzene rings is 1. The molecule has 0 aliphatic carbocycles. The molecule has 0 radical (unpaired) electrons. The number of carbonyl (C=O) groups is 1. The van der Waals surface area contributed by atoms with Crippen molar-refractivity contribution in [1.82, 2.24) is 20.3 Å². The van der Waals surface area contributed by atoms with Crippen molar-refractivity contribution in [3.8, 4) is 0 Å². The second kappa shape index (κ2) is 8.25. The molecule has 3 rings (SSSR count). The summed E-state index contributed by atoms with van der Waals surface area (Å²) >= 11 is 0. The molecule has 1 aromatic carbocycles. The minimum atomic E-state index is -0.0786. The van der Waals surface area contributed by atoms with E-state index >= 15 is 0 Å². The minimum Gasteiger partial charge on any atom is -0.357 e. The number of hydrogen-bond acceptors (Lipinski definition) is 4. The molecule has 1 aliphatic heterocycles. The van der Waals surface area contributed by atoms with Crippen LogP contribution in [0.5, 0.6) is 0 Å². The average molecular weight is 342 g/mol. The number of ether oxygens (including phenoxy) is 1. The molecule has 0 saturated heterocycles. The molecular weight excluding hydrogens is 316 g/mol. The molecule has 1 N–H and O–H groups in total. The van der Waals surface area contributed by atoms with Crippen LogP contribution in [0, 0.1) is 11.8 Å². The maximum absolute atomic E-state index is 12.9. The van der Waals surface area contributed by atoms with Gasteiger partial charge in [-0.25, -0.2) is 4.68 Å². The fraction of sp³-hybridized carbons (Fsp3) is 0.526. The van der Waals surface area contributed by atoms with E-state index in [2.05, 4.69) is 41.6 Å². The summed E-state index contributed by atoms with van der Waals surface area (Å²) < 4.78 is 7.56. The van der Waals surface area contributed by atoms with Crippen molar-refractivity contribution in [2.45, 2.75) is 45.9 Å². The van der Waals surface area contributed by atoms with Gasteiger partial charge in [-0.15, -0.1) is 5.10 Å². The Morgan fingerprint density at radius 3 is 2.88 bits per heavy atom. The molecule has 2 atom stereocenters. The van der Waals surface area contributed by atoms with Crippen LogP contribution in [0.2, 0.25) is 0 Å². The van der Waals surface area contributed by atoms with E-state index in [1.54, 1.807) is 10.9 Å². The number of aromatic nitrogens is 3. The van der Waals surface area contributed by atoms with Gasteiger partial charge in [-0.3, -0.25) is 4.79 Å². The number of nitrogens with zero attached hydrogens (tertiary/aromatic N) is 3. The monoisotopic (exact) mass is 342 g/mol. The predicted octanol–water partition coefficient (Wildman–Crippen LogP) is 2.20. The van der Waals surface area contributed by atoms with Crippen LogP contribution in [0.3, 0.4) is 0 Å². The summed E-state index contributed by atoms with van der Waals surface area (Å²) in [5.74, 6) is 0.328. The molecule has 0 bridgehead atoms. The first kappa shape index (κ1) is 17.6. The normalized spacial score (nSPS) is 22.1. The lowest BCUT2D eigenvalue weighted by Crippen LogP contribution is -2.45. The van der Waals surface area contributed by atoms with Crippen LogP contribution in [0.25, 0.3) is 0 Å². The number of aryl methyl sites for hydroxylation is 1. The highest BCUT2D eigenvalue weighted by Crippen LogP contribution is 2.18. The Kier molecular flexibility index (Phi) is 5.81. The van der Waals surface area contributed by atoms with Crippen molar-refractivity contribution in [2.24, 2.45) is 11.8 Å². The Morgan fingerprint density at radius 1 is 1.32 bits per heavy atom. The molecule has 1 aliphatic rings. The average Bonchev–Trinajstić information content (AvgIpc) is 3.04. The Morgan fingerprint density at radius 2 is 2.12 bits per heavy atom. The molecule has 6 nitrogen and oxygen atoms in total. The molecule has 0 unspecified atom stereocenters. The summed E-state index contributed by atoms with van der Waals surface area (Å²) in [5, 5.41) is 11.3. The molecule has 0 spiro atoms. The van der Waals surface area contributed by atoms with Gasteiger partial charge in [-0.1, -0.05) is 49.4 Å². The molecule has 134 valence electrons. The van der Waals surface area contributed by atoms with Gasteiger partial charge in [0.05, 0.1) is 24.5 Å². The third-order valence-corrected chi connectivity index (χ3v) is 4.79. The zero-order valence-corrected chi connectivity index (χ0v) is 14.9. The fourth-order valence-electron chi connectivity index (χ4n) is 3.10. The molecule has 0 saturated carbocycles. The molecule has 2 heterocycles. The molecule has 25 heavy (non-hydrogen) atoms. The second-order valence-corrected chi connectivity index (χ2v) is 7.01. The number of amides is 1. The van der Waals surface area contributed by atoms with Gasteiger partial charge in [0.15, 0.2) is 0 Å². The van der Waals surface area contributed by atoms with Crippen molar-refractivity contribution in [2.75, 3.05) is 6.61 Å². The summed E-state index contributed by atoms with van der Waals surface area (Å²) in [6.45, 7) is 5.04. The van der Waals surface area contributed by atoms with Crippen molar-refractivity contribution in [3.05, 3.63) is 47.8 Å². The number of carbonyl (C=O) groups excluding carboxylic acids is 1. The van der Waals surface area contributed by atoms with Crippen molar-refractivity contribution in [3.63, 3.8) is 0 Å². The third kappa shape index (κ3) is 4.66. The van der Waals surface area contributed by atoms with E-state index in [0.717, 1.165) is 25.0 Å². The first-order chi connectivity index (χ1) is 12.1. The summed E-state index contributed by atoms with van der Waals surface area (Å²) in [7, 11) is 0. The van der Waals surface area contributed by atoms with Gasteiger partial charge in [0.25, 0.3) is 0 Å². The maximum Gasteiger partial charge on any atom is 0.223 e. The minimum absolute atomic E-state index is 0.00385. The Labute approximate surface area is 148 Å². The van der Waals surface area contributed by atoms with E-state index in [-0.39, 0.29) is 17.9 Å². The lowest BCUT2D eigenvalue weighted by atomic mass is 9.92. The molecule has 6 heteroatoms. The lowest BCUT2D eigenvalue weighted by molar-refractivity contribution is -0.126. The summed E-state index contributed by atoms with van der Waals surface area (Å²) in [6, 6.07) is 10.2. The van der Waals surface area contributed by atoms with Crippen LogP contribution in [0.15, 0.2) is 36.5 Å². The van der Waals surface area contributed by atoms with Crippen LogP contribution >= 0.6 is 0 Å². The van der Waals surface area contributed by atoms with Gasteiger partial charge in [0.1, 0.15) is 6.73 Å². The topological polar surface area (TPSA) is 69.0 Å². The number of nitrogens with one attached hydrogen (secondary N) is 1. The summed E-state index contributed by atoms with van der Waals surface area (Å²) in [4.78, 5) is 12.9. The van der Waals surface area contributed by atoms with Crippen molar-refractivity contribution < 1.29 is 9.53 Å². The van der Waals surface area contributed by atoms with E-state index in [9.17, 15) is 4.79 Å². The van der Waals surface area contributed by atoms with E-state index in [0.29, 0.717) is 19.3 Å². The highest BCUT2D eigenvalue weighted by atomic mass is 16.5. The molecule has 2 aromatic rings. The van der Waals surface area contributed by atoms with Gasteiger partial charge in [-0.2, -0.15) is 0 Å². The van der Waals surface area contributed by atoms with Gasteiger partial charge in [-0.05, 0) is 30.7 Å². The number of hydrogen-bond donors (Lipinski definition) is 1. The Hall–Kier alpha value is -2.21. The van der Waals surface area contributed by atoms with Crippen LogP contribution in [-0.2, 0) is 29.1 Å². The first-order valence-corrected chi connectivity index (χ1v) is 8.93. The number of fused-ring (bicyclic) bond motifs is 1. The molecule has 1 amide bonds. The zero-order valence-electron chi connectivity index (χ0n) is 14.9. The van der Waals surface area contributed by atoms with E-state index < -0.39 is 0 Å². The first-order valence-electron chi connectivity index (χ1n) is 8.93. The standard InChI is InChI=1S/C19H26N4O2/c1-14(2)18-12-25-13-23-17(11-20-22-23)9-8-16(19(24)21-18)10-15-6-4-3-5-7-15/h3-7,11,14,16,18H,8-10,12-13H2,1-2H3,(H,21,24)/t16-,18+/m1/s1. The van der Waals surface area contributed by atoms with Crippen molar-refractivity contribution >= 4 is 5.91 Å². The largest absolute Gasteiger partial charge is 0.357 e. The van der Waals surface area contributed by atoms with Crippen molar-refractivity contribution in [1.29, 1.82) is 0 Å². The zero-order chi connectivity index (χ0) is 17.6. The lowest BCUT2D eigenvalue weighted by Gasteiger charge is -2.25. The Balaban J connectivity index is 1.81. The van der Waals surface area contributed by atoms with Gasteiger partial charge in [0, 0.05) is 5.92 Å². The van der Waals surface area contributed by atoms with Crippen LogP contribution in [0.1, 0.15) is 31.5 Å².